The summed E-state index contributed by atoms with van der Waals surface area (Å²) in [7, 11) is 1.65. The number of benzene rings is 2. The van der Waals surface area contributed by atoms with E-state index >= 15 is 0 Å². The van der Waals surface area contributed by atoms with Gasteiger partial charge in [0.1, 0.15) is 11.4 Å². The number of rotatable bonds is 3. The van der Waals surface area contributed by atoms with Crippen molar-refractivity contribution in [3.8, 4) is 5.75 Å². The molecule has 0 saturated carbocycles. The summed E-state index contributed by atoms with van der Waals surface area (Å²) in [5.74, 6) is 0.799. The number of imidazole rings is 1. The van der Waals surface area contributed by atoms with Crippen LogP contribution in [0.25, 0.3) is 27.6 Å². The molecule has 0 aliphatic rings. The second kappa shape index (κ2) is 6.48. The Balaban J connectivity index is 1.84. The molecule has 0 aliphatic carbocycles. The minimum atomic E-state index is -0.0754. The summed E-state index contributed by atoms with van der Waals surface area (Å²) in [5, 5.41) is 1.03. The van der Waals surface area contributed by atoms with Gasteiger partial charge in [-0.15, -0.1) is 0 Å². The van der Waals surface area contributed by atoms with Gasteiger partial charge in [-0.3, -0.25) is 9.20 Å². The average Bonchev–Trinajstić information content (AvgIpc) is 3.10. The highest BCUT2D eigenvalue weighted by Crippen LogP contribution is 2.26. The highest BCUT2D eigenvalue weighted by molar-refractivity contribution is 6.04. The number of fused-ring (bicyclic) bond motifs is 5. The molecule has 0 spiro atoms. The fraction of sp³-hybridized carbons (Fsp3) is 0.167. The van der Waals surface area contributed by atoms with Crippen LogP contribution in [0.4, 0.5) is 0 Å². The summed E-state index contributed by atoms with van der Waals surface area (Å²) in [4.78, 5) is 18.2. The number of aryl methyl sites for hydroxylation is 2. The Hall–Kier alpha value is -3.60. The molecular weight excluding hydrogens is 362 g/mol. The van der Waals surface area contributed by atoms with Gasteiger partial charge in [0, 0.05) is 11.6 Å². The van der Waals surface area contributed by atoms with Gasteiger partial charge in [0.05, 0.1) is 24.7 Å². The van der Waals surface area contributed by atoms with Gasteiger partial charge < -0.3 is 9.30 Å². The lowest BCUT2D eigenvalue weighted by Gasteiger charge is -2.13. The van der Waals surface area contributed by atoms with Crippen LogP contribution in [0.3, 0.4) is 0 Å². The molecule has 144 valence electrons. The molecule has 0 N–H and O–H groups in total. The summed E-state index contributed by atoms with van der Waals surface area (Å²) < 4.78 is 9.08. The molecule has 0 saturated heterocycles. The van der Waals surface area contributed by atoms with Crippen LogP contribution >= 0.6 is 0 Å². The largest absolute Gasteiger partial charge is 0.497 e. The van der Waals surface area contributed by atoms with Crippen LogP contribution in [0.2, 0.25) is 0 Å². The van der Waals surface area contributed by atoms with Gasteiger partial charge in [0.2, 0.25) is 0 Å². The van der Waals surface area contributed by atoms with Crippen LogP contribution in [-0.2, 0) is 6.54 Å². The lowest BCUT2D eigenvalue weighted by molar-refractivity contribution is 0.414. The second-order valence-electron chi connectivity index (χ2n) is 7.50. The highest BCUT2D eigenvalue weighted by Gasteiger charge is 2.17. The molecule has 5 nitrogen and oxygen atoms in total. The molecule has 2 aromatic carbocycles. The number of hydrogen-bond acceptors (Lipinski definition) is 3. The minimum absolute atomic E-state index is 0.0754. The van der Waals surface area contributed by atoms with Gasteiger partial charge in [-0.1, -0.05) is 23.8 Å². The van der Waals surface area contributed by atoms with E-state index in [1.807, 2.05) is 70.6 Å². The summed E-state index contributed by atoms with van der Waals surface area (Å²) in [5.41, 5.74) is 6.30. The number of hydrogen-bond donors (Lipinski definition) is 0. The fourth-order valence-electron chi connectivity index (χ4n) is 3.94. The molecule has 0 aliphatic heterocycles. The van der Waals surface area contributed by atoms with Crippen molar-refractivity contribution in [2.45, 2.75) is 20.4 Å². The average molecular weight is 383 g/mol. The Kier molecular flexibility index (Phi) is 3.91. The maximum Gasteiger partial charge on any atom is 0.279 e. The zero-order valence-corrected chi connectivity index (χ0v) is 16.6. The number of methoxy groups -OCH3 is 1. The van der Waals surface area contributed by atoms with Crippen LogP contribution in [0, 0.1) is 13.8 Å². The normalized spacial score (nSPS) is 11.6. The summed E-state index contributed by atoms with van der Waals surface area (Å²) in [6, 6.07) is 18.1. The van der Waals surface area contributed by atoms with Gasteiger partial charge in [0.15, 0.2) is 5.52 Å². The molecule has 3 heterocycles. The van der Waals surface area contributed by atoms with E-state index in [1.165, 1.54) is 0 Å². The first-order valence-electron chi connectivity index (χ1n) is 9.59. The van der Waals surface area contributed by atoms with Crippen molar-refractivity contribution in [3.05, 3.63) is 87.8 Å². The molecule has 0 fully saturated rings. The van der Waals surface area contributed by atoms with Gasteiger partial charge in [0.25, 0.3) is 5.56 Å². The lowest BCUT2D eigenvalue weighted by atomic mass is 10.1. The Morgan fingerprint density at radius 1 is 0.966 bits per heavy atom. The molecule has 0 atom stereocenters. The summed E-state index contributed by atoms with van der Waals surface area (Å²) in [6.07, 6.45) is 2.00. The Labute approximate surface area is 167 Å². The first-order valence-corrected chi connectivity index (χ1v) is 9.59. The van der Waals surface area contributed by atoms with Gasteiger partial charge >= 0.3 is 0 Å². The van der Waals surface area contributed by atoms with E-state index in [0.29, 0.717) is 12.1 Å². The molecule has 0 bridgehead atoms. The van der Waals surface area contributed by atoms with Crippen molar-refractivity contribution in [1.29, 1.82) is 0 Å². The van der Waals surface area contributed by atoms with Crippen LogP contribution in [0.1, 0.15) is 16.7 Å². The number of ether oxygens (including phenoxy) is 1. The quantitative estimate of drug-likeness (QED) is 0.462. The van der Waals surface area contributed by atoms with E-state index in [2.05, 4.69) is 13.0 Å². The van der Waals surface area contributed by atoms with Crippen molar-refractivity contribution in [1.82, 2.24) is 14.0 Å². The molecule has 29 heavy (non-hydrogen) atoms. The lowest BCUT2D eigenvalue weighted by Crippen LogP contribution is -2.21. The zero-order valence-electron chi connectivity index (χ0n) is 16.6. The smallest absolute Gasteiger partial charge is 0.279 e. The third kappa shape index (κ3) is 2.78. The molecule has 0 amide bonds. The number of pyridine rings is 2. The molecule has 5 rings (SSSR count). The molecule has 5 aromatic rings. The number of aromatic nitrogens is 3. The van der Waals surface area contributed by atoms with Gasteiger partial charge in [-0.25, -0.2) is 4.98 Å². The third-order valence-corrected chi connectivity index (χ3v) is 5.43. The first-order chi connectivity index (χ1) is 14.0. The topological polar surface area (TPSA) is 48.5 Å². The van der Waals surface area contributed by atoms with Gasteiger partial charge in [-0.2, -0.15) is 0 Å². The van der Waals surface area contributed by atoms with E-state index in [1.54, 1.807) is 7.11 Å². The standard InChI is InChI=1S/C24H21N3O2/c1-15-4-9-20-19(12-15)23-22(25-21-13-16(2)10-11-26(21)23)24(28)27(20)14-17-5-7-18(29-3)8-6-17/h4-13H,14H2,1-3H3. The molecule has 0 unspecified atom stereocenters. The van der Waals surface area contributed by atoms with E-state index in [9.17, 15) is 4.79 Å². The molecule has 5 heteroatoms. The third-order valence-electron chi connectivity index (χ3n) is 5.43. The highest BCUT2D eigenvalue weighted by atomic mass is 16.5. The number of nitrogens with zero attached hydrogens (tertiary/aromatic N) is 3. The zero-order chi connectivity index (χ0) is 20.1. The molecule has 3 aromatic heterocycles. The predicted octanol–water partition coefficient (Wildman–Crippen LogP) is 4.48. The van der Waals surface area contributed by atoms with E-state index in [4.69, 9.17) is 9.72 Å². The maximum absolute atomic E-state index is 13.5. The van der Waals surface area contributed by atoms with Crippen molar-refractivity contribution in [2.75, 3.05) is 7.11 Å². The van der Waals surface area contributed by atoms with Crippen molar-refractivity contribution in [2.24, 2.45) is 0 Å². The Morgan fingerprint density at radius 3 is 2.48 bits per heavy atom. The van der Waals surface area contributed by atoms with Crippen molar-refractivity contribution in [3.63, 3.8) is 0 Å². The predicted molar refractivity (Wildman–Crippen MR) is 116 cm³/mol. The van der Waals surface area contributed by atoms with E-state index in [-0.39, 0.29) is 5.56 Å². The fourth-order valence-corrected chi connectivity index (χ4v) is 3.94. The second-order valence-corrected chi connectivity index (χ2v) is 7.50. The molecular formula is C24H21N3O2. The summed E-state index contributed by atoms with van der Waals surface area (Å²) >= 11 is 0. The summed E-state index contributed by atoms with van der Waals surface area (Å²) in [6.45, 7) is 4.58. The Morgan fingerprint density at radius 2 is 1.72 bits per heavy atom. The van der Waals surface area contributed by atoms with Crippen LogP contribution in [-0.4, -0.2) is 21.1 Å². The van der Waals surface area contributed by atoms with Crippen LogP contribution in [0.5, 0.6) is 5.75 Å². The maximum atomic E-state index is 13.5. The van der Waals surface area contributed by atoms with Crippen LogP contribution < -0.4 is 10.3 Å². The van der Waals surface area contributed by atoms with Crippen LogP contribution in [0.15, 0.2) is 65.6 Å². The Bertz CT molecular complexity index is 1440. The molecule has 0 radical (unpaired) electrons. The van der Waals surface area contributed by atoms with Gasteiger partial charge in [-0.05, 0) is 61.4 Å². The van der Waals surface area contributed by atoms with Crippen molar-refractivity contribution >= 4 is 27.6 Å². The van der Waals surface area contributed by atoms with E-state index in [0.717, 1.165) is 44.5 Å². The SMILES string of the molecule is COc1ccc(Cn2c(=O)c3nc4cc(C)ccn4c3c3cc(C)ccc32)cc1. The monoisotopic (exact) mass is 383 g/mol. The van der Waals surface area contributed by atoms with E-state index < -0.39 is 0 Å². The first kappa shape index (κ1) is 17.5. The van der Waals surface area contributed by atoms with Crippen molar-refractivity contribution < 1.29 is 4.74 Å². The minimum Gasteiger partial charge on any atom is -0.497 e.